The van der Waals surface area contributed by atoms with Crippen LogP contribution < -0.4 is 15.5 Å². The van der Waals surface area contributed by atoms with E-state index in [1.807, 2.05) is 86.3 Å². The van der Waals surface area contributed by atoms with Gasteiger partial charge in [0.05, 0.1) is 6.61 Å². The third-order valence-electron chi connectivity index (χ3n) is 11.2. The van der Waals surface area contributed by atoms with Gasteiger partial charge in [-0.25, -0.2) is 14.4 Å². The predicted octanol–water partition coefficient (Wildman–Crippen LogP) is 9.60. The van der Waals surface area contributed by atoms with Crippen LogP contribution in [0, 0.1) is 0 Å². The molecule has 12 heteroatoms. The number of rotatable bonds is 15. The first-order chi connectivity index (χ1) is 28.4. The molecule has 1 aliphatic heterocycles. The van der Waals surface area contributed by atoms with Crippen molar-refractivity contribution in [2.75, 3.05) is 44.2 Å². The lowest BCUT2D eigenvalue weighted by atomic mass is 9.85. The van der Waals surface area contributed by atoms with E-state index in [4.69, 9.17) is 18.6 Å². The molecule has 11 nitrogen and oxygen atoms in total. The van der Waals surface area contributed by atoms with Gasteiger partial charge < -0.3 is 34.2 Å². The van der Waals surface area contributed by atoms with Crippen LogP contribution in [0.3, 0.4) is 0 Å². The Balaban J connectivity index is 1.33. The summed E-state index contributed by atoms with van der Waals surface area (Å²) in [6.07, 6.45) is -0.0375. The van der Waals surface area contributed by atoms with Crippen LogP contribution in [0.25, 0.3) is 0 Å². The molecule has 0 bridgehead atoms. The van der Waals surface area contributed by atoms with Gasteiger partial charge in [-0.1, -0.05) is 118 Å². The monoisotopic (exact) mass is 836 g/mol. The molecule has 0 aliphatic carbocycles. The summed E-state index contributed by atoms with van der Waals surface area (Å²) >= 11 is 0. The van der Waals surface area contributed by atoms with Gasteiger partial charge in [-0.3, -0.25) is 4.90 Å². The topological polar surface area (TPSA) is 119 Å². The summed E-state index contributed by atoms with van der Waals surface area (Å²) in [5.74, 6) is 0. The lowest BCUT2D eigenvalue weighted by molar-refractivity contribution is -0.0238. The molecule has 5 rings (SSSR count). The van der Waals surface area contributed by atoms with Crippen LogP contribution in [0.15, 0.2) is 109 Å². The summed E-state index contributed by atoms with van der Waals surface area (Å²) in [7, 11) is -2.29. The van der Waals surface area contributed by atoms with Gasteiger partial charge in [0.15, 0.2) is 8.32 Å². The lowest BCUT2D eigenvalue weighted by Crippen LogP contribution is -2.65. The summed E-state index contributed by atoms with van der Waals surface area (Å²) in [6.45, 7) is 19.9. The number of amides is 3. The molecule has 60 heavy (non-hydrogen) atoms. The van der Waals surface area contributed by atoms with E-state index < -0.39 is 31.6 Å². The Bertz CT molecular complexity index is 1980. The van der Waals surface area contributed by atoms with E-state index in [0.29, 0.717) is 45.6 Å². The molecule has 322 valence electrons. The number of carbonyl (C=O) groups is 3. The first-order valence-electron chi connectivity index (χ1n) is 20.9. The van der Waals surface area contributed by atoms with Crippen molar-refractivity contribution >= 4 is 32.3 Å². The van der Waals surface area contributed by atoms with Crippen molar-refractivity contribution in [1.82, 2.24) is 15.5 Å². The van der Waals surface area contributed by atoms with Crippen molar-refractivity contribution in [2.45, 2.75) is 96.9 Å². The van der Waals surface area contributed by atoms with Crippen LogP contribution in [-0.2, 0) is 50.2 Å². The van der Waals surface area contributed by atoms with Gasteiger partial charge in [-0.05, 0) is 91.7 Å². The molecule has 4 aromatic rings. The van der Waals surface area contributed by atoms with Crippen LogP contribution in [0.2, 0.25) is 18.1 Å². The maximum Gasteiger partial charge on any atom is 0.411 e. The highest BCUT2D eigenvalue weighted by molar-refractivity contribution is 6.74. The molecule has 1 atom stereocenters. The molecule has 1 fully saturated rings. The second kappa shape index (κ2) is 20.3. The predicted molar refractivity (Wildman–Crippen MR) is 240 cm³/mol. The minimum Gasteiger partial charge on any atom is -0.445 e. The van der Waals surface area contributed by atoms with Crippen LogP contribution in [0.5, 0.6) is 0 Å². The quantitative estimate of drug-likeness (QED) is 0.0899. The Hall–Kier alpha value is -5.33. The van der Waals surface area contributed by atoms with E-state index in [1.54, 1.807) is 0 Å². The minimum absolute atomic E-state index is 0.0539. The summed E-state index contributed by atoms with van der Waals surface area (Å²) in [4.78, 5) is 43.2. The van der Waals surface area contributed by atoms with Crippen molar-refractivity contribution in [3.05, 3.63) is 137 Å². The molecule has 0 spiro atoms. The standard InChI is InChI=1S/C48H64N4O7Si/c1-46(2,3)59-45(55)52-32-31-51(42-25-21-38(22-26-42)28-30-50-44(54)57-34-40-17-13-10-14-18-40)35-48(52,36-58-60(7,8)47(4,5)6)41-23-19-37(20-24-41)27-29-49-43(53)56-33-39-15-11-9-12-16-39/h9-26H,27-36H2,1-8H3,(H,49,53)(H,50,54). The Labute approximate surface area is 357 Å². The van der Waals surface area contributed by atoms with Crippen molar-refractivity contribution in [3.63, 3.8) is 0 Å². The van der Waals surface area contributed by atoms with E-state index >= 15 is 0 Å². The van der Waals surface area contributed by atoms with E-state index in [9.17, 15) is 14.4 Å². The van der Waals surface area contributed by atoms with Crippen molar-refractivity contribution < 1.29 is 33.0 Å². The first-order valence-corrected chi connectivity index (χ1v) is 23.8. The zero-order valence-electron chi connectivity index (χ0n) is 36.7. The molecular weight excluding hydrogens is 773 g/mol. The number of benzene rings is 4. The molecule has 1 saturated heterocycles. The lowest BCUT2D eigenvalue weighted by Gasteiger charge is -2.52. The largest absolute Gasteiger partial charge is 0.445 e. The van der Waals surface area contributed by atoms with Crippen molar-refractivity contribution in [3.8, 4) is 0 Å². The molecule has 0 saturated carbocycles. The molecule has 3 amide bonds. The van der Waals surface area contributed by atoms with E-state index in [-0.39, 0.29) is 31.0 Å². The molecule has 0 radical (unpaired) electrons. The second-order valence-corrected chi connectivity index (χ2v) is 22.8. The zero-order chi connectivity index (χ0) is 43.4. The van der Waals surface area contributed by atoms with Gasteiger partial charge in [0.1, 0.15) is 24.4 Å². The number of ether oxygens (including phenoxy) is 3. The highest BCUT2D eigenvalue weighted by Gasteiger charge is 2.50. The highest BCUT2D eigenvalue weighted by Crippen LogP contribution is 2.41. The minimum atomic E-state index is -2.29. The summed E-state index contributed by atoms with van der Waals surface area (Å²) < 4.78 is 23.9. The zero-order valence-corrected chi connectivity index (χ0v) is 37.7. The molecule has 1 aliphatic rings. The summed E-state index contributed by atoms with van der Waals surface area (Å²) in [5, 5.41) is 5.66. The Kier molecular flexibility index (Phi) is 15.5. The molecule has 0 aromatic heterocycles. The number of alkyl carbamates (subject to hydrolysis) is 2. The van der Waals surface area contributed by atoms with Crippen LogP contribution >= 0.6 is 0 Å². The van der Waals surface area contributed by atoms with E-state index in [0.717, 1.165) is 33.5 Å². The average molecular weight is 837 g/mol. The molecule has 2 N–H and O–H groups in total. The molecular formula is C48H64N4O7Si. The molecule has 1 heterocycles. The molecule has 1 unspecified atom stereocenters. The van der Waals surface area contributed by atoms with E-state index in [2.05, 4.69) is 97.9 Å². The SMILES string of the molecule is CC(C)(C)OC(=O)N1CCN(c2ccc(CCNC(=O)OCc3ccccc3)cc2)CC1(CO[Si](C)(C)C(C)(C)C)c1ccc(CCNC(=O)OCc2ccccc2)cc1. The number of hydrogen-bond acceptors (Lipinski definition) is 8. The fourth-order valence-electron chi connectivity index (χ4n) is 6.71. The fraction of sp³-hybridized carbons (Fsp3) is 0.438. The van der Waals surface area contributed by atoms with Gasteiger partial charge in [-0.2, -0.15) is 0 Å². The second-order valence-electron chi connectivity index (χ2n) is 18.0. The van der Waals surface area contributed by atoms with Gasteiger partial charge in [0.2, 0.25) is 0 Å². The average Bonchev–Trinajstić information content (AvgIpc) is 3.21. The third-order valence-corrected chi connectivity index (χ3v) is 15.7. The van der Waals surface area contributed by atoms with E-state index in [1.165, 1.54) is 0 Å². The normalized spacial score (nSPS) is 15.9. The number of carbonyl (C=O) groups excluding carboxylic acids is 3. The van der Waals surface area contributed by atoms with Gasteiger partial charge in [0.25, 0.3) is 0 Å². The highest BCUT2D eigenvalue weighted by atomic mass is 28.4. The van der Waals surface area contributed by atoms with Gasteiger partial charge in [-0.15, -0.1) is 0 Å². The number of nitrogens with zero attached hydrogens (tertiary/aromatic N) is 2. The number of anilines is 1. The maximum absolute atomic E-state index is 14.2. The van der Waals surface area contributed by atoms with Crippen molar-refractivity contribution in [1.29, 1.82) is 0 Å². The number of piperazine rings is 1. The Morgan fingerprint density at radius 3 is 1.60 bits per heavy atom. The van der Waals surface area contributed by atoms with Gasteiger partial charge >= 0.3 is 18.3 Å². The third kappa shape index (κ3) is 13.1. The van der Waals surface area contributed by atoms with Crippen LogP contribution in [0.1, 0.15) is 69.4 Å². The summed E-state index contributed by atoms with van der Waals surface area (Å²) in [6, 6.07) is 35.9. The Morgan fingerprint density at radius 2 is 1.13 bits per heavy atom. The van der Waals surface area contributed by atoms with Crippen LogP contribution in [-0.4, -0.2) is 76.4 Å². The van der Waals surface area contributed by atoms with Crippen molar-refractivity contribution in [2.24, 2.45) is 0 Å². The first kappa shape index (κ1) is 45.7. The van der Waals surface area contributed by atoms with Crippen LogP contribution in [0.4, 0.5) is 20.1 Å². The smallest absolute Gasteiger partial charge is 0.411 e. The maximum atomic E-state index is 14.2. The fourth-order valence-corrected chi connectivity index (χ4v) is 7.74. The Morgan fingerprint density at radius 1 is 0.650 bits per heavy atom. The number of hydrogen-bond donors (Lipinski definition) is 2. The number of nitrogens with one attached hydrogen (secondary N) is 2. The van der Waals surface area contributed by atoms with Gasteiger partial charge in [0, 0.05) is 38.4 Å². The summed E-state index contributed by atoms with van der Waals surface area (Å²) in [5.41, 5.74) is 4.36. The molecule has 4 aromatic carbocycles.